The summed E-state index contributed by atoms with van der Waals surface area (Å²) < 4.78 is 36.7. The number of hydrogen-bond donors (Lipinski definition) is 0. The molecule has 1 aromatic carbocycles. The van der Waals surface area contributed by atoms with E-state index in [9.17, 15) is 38.7 Å². The van der Waals surface area contributed by atoms with E-state index in [1.165, 1.54) is 0 Å². The van der Waals surface area contributed by atoms with Crippen LogP contribution in [0.3, 0.4) is 0 Å². The first-order valence-electron chi connectivity index (χ1n) is 9.84. The fourth-order valence-corrected chi connectivity index (χ4v) is 2.05. The van der Waals surface area contributed by atoms with E-state index in [1.54, 1.807) is 79.7 Å². The molecule has 6 nitrogen and oxygen atoms in total. The van der Waals surface area contributed by atoms with E-state index in [1.807, 2.05) is 0 Å². The monoisotopic (exact) mass is 573 g/mol. The molecule has 0 saturated heterocycles. The molecule has 1 aromatic heterocycles. The standard InChI is InChI=1S/C10H6F3NOS.4C3H7O.Nb/c11-10(12,13)8(15)5-9-14-6-3-1-2-4-7(6)16-9;4*1-3(2)4;/h1-5,15H;4*3H,1-2H3;/q;4*-1;+5/p-1/b8-5-;;;;;. The molecule has 1 heterocycles. The molecule has 0 aliphatic carbocycles. The molecule has 0 unspecified atom stereocenters. The summed E-state index contributed by atoms with van der Waals surface area (Å²) in [6.07, 6.45) is -5.98. The van der Waals surface area contributed by atoms with Crippen molar-refractivity contribution in [3.8, 4) is 0 Å². The van der Waals surface area contributed by atoms with Crippen molar-refractivity contribution >= 4 is 27.6 Å². The van der Waals surface area contributed by atoms with Crippen LogP contribution in [0.25, 0.3) is 16.3 Å². The molecule has 0 aliphatic heterocycles. The Morgan fingerprint density at radius 1 is 0.818 bits per heavy atom. The number of halogens is 3. The first-order valence-corrected chi connectivity index (χ1v) is 10.7. The van der Waals surface area contributed by atoms with Gasteiger partial charge in [-0.25, -0.2) is 4.98 Å². The van der Waals surface area contributed by atoms with Crippen LogP contribution in [-0.2, 0) is 22.4 Å². The number of hydrogen-bond acceptors (Lipinski definition) is 7. The van der Waals surface area contributed by atoms with E-state index in [2.05, 4.69) is 4.98 Å². The molecule has 2 rings (SSSR count). The third-order valence-electron chi connectivity index (χ3n) is 1.84. The van der Waals surface area contributed by atoms with Crippen LogP contribution in [0, 0.1) is 0 Å². The Morgan fingerprint density at radius 3 is 1.45 bits per heavy atom. The molecule has 0 bridgehead atoms. The van der Waals surface area contributed by atoms with Gasteiger partial charge in [0, 0.05) is 0 Å². The third-order valence-corrected chi connectivity index (χ3v) is 2.83. The largest absolute Gasteiger partial charge is 5.00 e. The second-order valence-electron chi connectivity index (χ2n) is 7.22. The van der Waals surface area contributed by atoms with Crippen molar-refractivity contribution in [2.24, 2.45) is 0 Å². The van der Waals surface area contributed by atoms with Crippen molar-refractivity contribution < 1.29 is 61.1 Å². The molecule has 0 saturated carbocycles. The van der Waals surface area contributed by atoms with Crippen molar-refractivity contribution in [2.75, 3.05) is 0 Å². The number of aromatic nitrogens is 1. The Morgan fingerprint density at radius 2 is 1.15 bits per heavy atom. The summed E-state index contributed by atoms with van der Waals surface area (Å²) in [4.78, 5) is 3.91. The van der Waals surface area contributed by atoms with Gasteiger partial charge < -0.3 is 25.5 Å². The van der Waals surface area contributed by atoms with Gasteiger partial charge in [0.15, 0.2) is 0 Å². The number of nitrogens with zero attached hydrogens (tertiary/aromatic N) is 1. The smallest absolute Gasteiger partial charge is 0.869 e. The van der Waals surface area contributed by atoms with Gasteiger partial charge in [-0.15, -0.1) is 35.8 Å². The maximum absolute atomic E-state index is 12.0. The molecule has 0 N–H and O–H groups in total. The first-order chi connectivity index (χ1) is 14.4. The molecule has 33 heavy (non-hydrogen) atoms. The fraction of sp³-hybridized carbons (Fsp3) is 0.591. The fourth-order valence-electron chi connectivity index (χ4n) is 1.15. The van der Waals surface area contributed by atoms with Gasteiger partial charge in [0.25, 0.3) is 0 Å². The Hall–Kier alpha value is -0.980. The number of allylic oxidation sites excluding steroid dienone is 1. The van der Waals surface area contributed by atoms with Crippen molar-refractivity contribution in [3.05, 3.63) is 35.0 Å². The van der Waals surface area contributed by atoms with E-state index in [0.717, 1.165) is 16.0 Å². The minimum absolute atomic E-state index is 0. The Balaban J connectivity index is -0.000000205. The molecular weight excluding hydrogens is 540 g/mol. The Bertz CT molecular complexity index is 668. The van der Waals surface area contributed by atoms with Crippen LogP contribution in [0.5, 0.6) is 0 Å². The number of rotatable bonds is 1. The number of para-hydroxylation sites is 1. The quantitative estimate of drug-likeness (QED) is 0.377. The second-order valence-corrected chi connectivity index (χ2v) is 8.28. The van der Waals surface area contributed by atoms with E-state index in [-0.39, 0.29) is 27.4 Å². The summed E-state index contributed by atoms with van der Waals surface area (Å²) in [6.45, 7) is 12.9. The first kappa shape index (κ1) is 39.2. The molecule has 0 aliphatic rings. The SMILES string of the molecule is CC(C)[O-].CC(C)[O-].CC(C)[O-].CC(C)[O-].[Nb+5].[O-]/C(=C\c1nc2ccccc2s1)C(F)(F)F. The maximum Gasteiger partial charge on any atom is 5.00 e. The molecule has 0 atom stereocenters. The summed E-state index contributed by atoms with van der Waals surface area (Å²) in [5.74, 6) is -1.88. The number of thiazole rings is 1. The minimum atomic E-state index is -4.84. The predicted molar refractivity (Wildman–Crippen MR) is 114 cm³/mol. The van der Waals surface area contributed by atoms with E-state index in [4.69, 9.17) is 0 Å². The van der Waals surface area contributed by atoms with Gasteiger partial charge in [0.2, 0.25) is 0 Å². The van der Waals surface area contributed by atoms with Crippen LogP contribution in [0.4, 0.5) is 13.2 Å². The molecule has 188 valence electrons. The van der Waals surface area contributed by atoms with Gasteiger partial charge in [0.1, 0.15) is 5.01 Å². The zero-order chi connectivity index (χ0) is 26.1. The van der Waals surface area contributed by atoms with Crippen molar-refractivity contribution in [1.82, 2.24) is 4.98 Å². The molecule has 11 heteroatoms. The van der Waals surface area contributed by atoms with Crippen LogP contribution in [0.15, 0.2) is 30.0 Å². The van der Waals surface area contributed by atoms with Crippen molar-refractivity contribution in [1.29, 1.82) is 0 Å². The van der Waals surface area contributed by atoms with Crippen LogP contribution in [0.1, 0.15) is 60.4 Å². The average molecular weight is 573 g/mol. The number of benzene rings is 1. The summed E-state index contributed by atoms with van der Waals surface area (Å²) in [6, 6.07) is 6.91. The molecule has 0 amide bonds. The second kappa shape index (κ2) is 21.5. The predicted octanol–water partition coefficient (Wildman–Crippen LogP) is 1.58. The van der Waals surface area contributed by atoms with Crippen molar-refractivity contribution in [3.63, 3.8) is 0 Å². The summed E-state index contributed by atoms with van der Waals surface area (Å²) in [5.41, 5.74) is 0.591. The van der Waals surface area contributed by atoms with Gasteiger partial charge in [-0.2, -0.15) is 13.2 Å². The Kier molecular flexibility index (Phi) is 25.6. The Labute approximate surface area is 214 Å². The third kappa shape index (κ3) is 33.3. The van der Waals surface area contributed by atoms with Gasteiger partial charge >= 0.3 is 28.6 Å². The summed E-state index contributed by atoms with van der Waals surface area (Å²) >= 11 is 1.05. The molecular formula is C22H33F3NNbO5S. The zero-order valence-electron chi connectivity index (χ0n) is 20.2. The van der Waals surface area contributed by atoms with Crippen LogP contribution < -0.4 is 25.5 Å². The van der Waals surface area contributed by atoms with Crippen LogP contribution in [-0.4, -0.2) is 35.6 Å². The van der Waals surface area contributed by atoms with Crippen LogP contribution in [0.2, 0.25) is 0 Å². The maximum atomic E-state index is 12.0. The molecule has 0 fully saturated rings. The zero-order valence-corrected chi connectivity index (χ0v) is 23.2. The van der Waals surface area contributed by atoms with E-state index >= 15 is 0 Å². The number of fused-ring (bicyclic) bond motifs is 1. The van der Waals surface area contributed by atoms with Gasteiger partial charge in [-0.05, 0) is 24.0 Å². The number of alkyl halides is 3. The summed E-state index contributed by atoms with van der Waals surface area (Å²) in [7, 11) is 0. The van der Waals surface area contributed by atoms with Gasteiger partial charge in [0.05, 0.1) is 10.2 Å². The van der Waals surface area contributed by atoms with Gasteiger partial charge in [-0.3, -0.25) is 0 Å². The van der Waals surface area contributed by atoms with E-state index in [0.29, 0.717) is 11.6 Å². The topological polar surface area (TPSA) is 128 Å². The van der Waals surface area contributed by atoms with E-state index < -0.39 is 36.4 Å². The van der Waals surface area contributed by atoms with Crippen molar-refractivity contribution in [2.45, 2.75) is 86.0 Å². The molecule has 0 radical (unpaired) electrons. The van der Waals surface area contributed by atoms with Gasteiger partial charge in [-0.1, -0.05) is 67.5 Å². The van der Waals surface area contributed by atoms with Crippen LogP contribution >= 0.6 is 11.3 Å². The minimum Gasteiger partial charge on any atom is -0.869 e. The molecule has 2 aromatic rings. The molecule has 0 spiro atoms. The normalized spacial score (nSPS) is 10.8. The average Bonchev–Trinajstić information content (AvgIpc) is 2.94. The summed E-state index contributed by atoms with van der Waals surface area (Å²) in [5, 5.41) is 48.9.